The maximum Gasteiger partial charge on any atom is 0.250 e. The topological polar surface area (TPSA) is 82.5 Å². The Hall–Kier alpha value is -3.06. The molecule has 0 aliphatic carbocycles. The molecule has 2 aromatic heterocycles. The first-order chi connectivity index (χ1) is 12.3. The zero-order valence-corrected chi connectivity index (χ0v) is 13.8. The fourth-order valence-corrected chi connectivity index (χ4v) is 2.60. The van der Waals surface area contributed by atoms with Gasteiger partial charge in [0.1, 0.15) is 6.54 Å². The van der Waals surface area contributed by atoms with Crippen LogP contribution in [0.15, 0.2) is 59.1 Å². The second kappa shape index (κ2) is 6.82. The van der Waals surface area contributed by atoms with E-state index in [0.717, 1.165) is 11.1 Å². The number of hydrogen-bond acceptors (Lipinski definition) is 6. The minimum absolute atomic E-state index is 0.266. The van der Waals surface area contributed by atoms with E-state index in [4.69, 9.17) is 16.1 Å². The predicted octanol–water partition coefficient (Wildman–Crippen LogP) is 3.02. The van der Waals surface area contributed by atoms with E-state index in [-0.39, 0.29) is 6.54 Å². The predicted molar refractivity (Wildman–Crippen MR) is 90.9 cm³/mol. The Balaban J connectivity index is 1.45. The van der Waals surface area contributed by atoms with Gasteiger partial charge in [0.15, 0.2) is 5.82 Å². The van der Waals surface area contributed by atoms with Gasteiger partial charge in [-0.15, -0.1) is 10.2 Å². The van der Waals surface area contributed by atoms with E-state index >= 15 is 0 Å². The van der Waals surface area contributed by atoms with Crippen molar-refractivity contribution in [3.63, 3.8) is 0 Å². The molecule has 0 aliphatic rings. The summed E-state index contributed by atoms with van der Waals surface area (Å²) in [7, 11) is 0. The van der Waals surface area contributed by atoms with E-state index in [1.165, 1.54) is 4.80 Å². The van der Waals surface area contributed by atoms with Crippen molar-refractivity contribution >= 4 is 11.6 Å². The van der Waals surface area contributed by atoms with Gasteiger partial charge in [0, 0.05) is 17.0 Å². The molecule has 0 atom stereocenters. The summed E-state index contributed by atoms with van der Waals surface area (Å²) < 4.78 is 5.26. The molecule has 4 aromatic rings. The molecule has 25 heavy (non-hydrogen) atoms. The molecule has 0 bridgehead atoms. The van der Waals surface area contributed by atoms with Gasteiger partial charge in [-0.3, -0.25) is 0 Å². The Kier molecular flexibility index (Phi) is 4.22. The minimum atomic E-state index is 0.266. The molecule has 0 radical (unpaired) electrons. The Morgan fingerprint density at radius 3 is 2.76 bits per heavy atom. The van der Waals surface area contributed by atoms with Gasteiger partial charge in [-0.25, -0.2) is 0 Å². The lowest BCUT2D eigenvalue weighted by molar-refractivity contribution is 0.353. The van der Waals surface area contributed by atoms with Gasteiger partial charge in [0.05, 0.1) is 0 Å². The highest BCUT2D eigenvalue weighted by molar-refractivity contribution is 6.30. The molecule has 0 aliphatic heterocycles. The van der Waals surface area contributed by atoms with Crippen LogP contribution in [0.2, 0.25) is 5.02 Å². The normalized spacial score (nSPS) is 10.9. The largest absolute Gasteiger partial charge is 0.337 e. The van der Waals surface area contributed by atoms with E-state index in [0.29, 0.717) is 29.0 Å². The van der Waals surface area contributed by atoms with Crippen LogP contribution in [0.25, 0.3) is 11.4 Å². The third kappa shape index (κ3) is 3.72. The summed E-state index contributed by atoms with van der Waals surface area (Å²) in [5, 5.41) is 17.1. The van der Waals surface area contributed by atoms with Gasteiger partial charge < -0.3 is 4.52 Å². The van der Waals surface area contributed by atoms with Crippen LogP contribution in [0, 0.1) is 0 Å². The van der Waals surface area contributed by atoms with Gasteiger partial charge in [0.2, 0.25) is 11.7 Å². The van der Waals surface area contributed by atoms with Crippen molar-refractivity contribution in [2.75, 3.05) is 0 Å². The van der Waals surface area contributed by atoms with Gasteiger partial charge in [-0.05, 0) is 22.9 Å². The second-order valence-electron chi connectivity index (χ2n) is 5.42. The van der Waals surface area contributed by atoms with E-state index in [2.05, 4.69) is 25.6 Å². The SMILES string of the molecule is Clc1cccc(Cc2noc(Cn3nnc(-c4ccccc4)n3)n2)c1. The number of tetrazole rings is 1. The first kappa shape index (κ1) is 15.5. The van der Waals surface area contributed by atoms with Crippen LogP contribution in [-0.2, 0) is 13.0 Å². The van der Waals surface area contributed by atoms with Gasteiger partial charge in [-0.2, -0.15) is 9.78 Å². The summed E-state index contributed by atoms with van der Waals surface area (Å²) >= 11 is 5.99. The molecule has 4 rings (SSSR count). The van der Waals surface area contributed by atoms with Crippen molar-refractivity contribution < 1.29 is 4.52 Å². The van der Waals surface area contributed by atoms with Crippen LogP contribution in [0.5, 0.6) is 0 Å². The summed E-state index contributed by atoms with van der Waals surface area (Å²) in [5.74, 6) is 1.56. The smallest absolute Gasteiger partial charge is 0.250 e. The summed E-state index contributed by atoms with van der Waals surface area (Å²) in [6.07, 6.45) is 0.546. The second-order valence-corrected chi connectivity index (χ2v) is 5.86. The maximum absolute atomic E-state index is 5.99. The van der Waals surface area contributed by atoms with Crippen LogP contribution in [-0.4, -0.2) is 30.3 Å². The third-order valence-corrected chi connectivity index (χ3v) is 3.76. The lowest BCUT2D eigenvalue weighted by Crippen LogP contribution is -2.04. The van der Waals surface area contributed by atoms with Gasteiger partial charge >= 0.3 is 0 Å². The van der Waals surface area contributed by atoms with Crippen LogP contribution in [0.1, 0.15) is 17.3 Å². The molecule has 0 saturated heterocycles. The van der Waals surface area contributed by atoms with Crippen molar-refractivity contribution in [2.24, 2.45) is 0 Å². The number of rotatable bonds is 5. The molecular formula is C17H13ClN6O. The molecule has 124 valence electrons. The lowest BCUT2D eigenvalue weighted by Gasteiger charge is -1.96. The van der Waals surface area contributed by atoms with Gasteiger partial charge in [-0.1, -0.05) is 59.2 Å². The number of nitrogens with zero attached hydrogens (tertiary/aromatic N) is 6. The number of hydrogen-bond donors (Lipinski definition) is 0. The molecular weight excluding hydrogens is 340 g/mol. The molecule has 0 fully saturated rings. The van der Waals surface area contributed by atoms with E-state index in [1.807, 2.05) is 54.6 Å². The average molecular weight is 353 g/mol. The van der Waals surface area contributed by atoms with Crippen LogP contribution >= 0.6 is 11.6 Å². The molecule has 2 aromatic carbocycles. The molecule has 0 saturated carbocycles. The molecule has 2 heterocycles. The van der Waals surface area contributed by atoms with E-state index < -0.39 is 0 Å². The molecule has 7 nitrogen and oxygen atoms in total. The number of aromatic nitrogens is 6. The van der Waals surface area contributed by atoms with Gasteiger partial charge in [0.25, 0.3) is 0 Å². The molecule has 0 N–H and O–H groups in total. The average Bonchev–Trinajstić information content (AvgIpc) is 3.26. The van der Waals surface area contributed by atoms with Crippen molar-refractivity contribution in [2.45, 2.75) is 13.0 Å². The van der Waals surface area contributed by atoms with E-state index in [9.17, 15) is 0 Å². The molecule has 0 unspecified atom stereocenters. The highest BCUT2D eigenvalue weighted by Crippen LogP contribution is 2.14. The molecule has 8 heteroatoms. The standard InChI is InChI=1S/C17H13ClN6O/c18-14-8-4-5-12(9-14)10-15-19-16(25-22-15)11-24-21-17(20-23-24)13-6-2-1-3-7-13/h1-9H,10-11H2. The zero-order chi connectivity index (χ0) is 17.1. The fraction of sp³-hybridized carbons (Fsp3) is 0.118. The Morgan fingerprint density at radius 1 is 1.04 bits per heavy atom. The van der Waals surface area contributed by atoms with Crippen molar-refractivity contribution in [3.8, 4) is 11.4 Å². The summed E-state index contributed by atoms with van der Waals surface area (Å²) in [5.41, 5.74) is 1.92. The summed E-state index contributed by atoms with van der Waals surface area (Å²) in [6.45, 7) is 0.266. The Morgan fingerprint density at radius 2 is 1.92 bits per heavy atom. The Bertz CT molecular complexity index is 981. The van der Waals surface area contributed by atoms with Crippen molar-refractivity contribution in [3.05, 3.63) is 76.9 Å². The highest BCUT2D eigenvalue weighted by Gasteiger charge is 2.11. The molecule has 0 spiro atoms. The van der Waals surface area contributed by atoms with Crippen molar-refractivity contribution in [1.29, 1.82) is 0 Å². The van der Waals surface area contributed by atoms with Crippen molar-refractivity contribution in [1.82, 2.24) is 30.3 Å². The maximum atomic E-state index is 5.99. The number of halogens is 1. The van der Waals surface area contributed by atoms with Crippen LogP contribution in [0.3, 0.4) is 0 Å². The summed E-state index contributed by atoms with van der Waals surface area (Å²) in [6, 6.07) is 17.2. The highest BCUT2D eigenvalue weighted by atomic mass is 35.5. The lowest BCUT2D eigenvalue weighted by atomic mass is 10.1. The molecule has 0 amide bonds. The zero-order valence-electron chi connectivity index (χ0n) is 13.1. The minimum Gasteiger partial charge on any atom is -0.337 e. The van der Waals surface area contributed by atoms with Crippen LogP contribution in [0.4, 0.5) is 0 Å². The third-order valence-electron chi connectivity index (χ3n) is 3.52. The Labute approximate surface area is 148 Å². The van der Waals surface area contributed by atoms with Crippen LogP contribution < -0.4 is 0 Å². The fourth-order valence-electron chi connectivity index (χ4n) is 2.39. The van der Waals surface area contributed by atoms with E-state index in [1.54, 1.807) is 0 Å². The number of benzene rings is 2. The quantitative estimate of drug-likeness (QED) is 0.549. The first-order valence-electron chi connectivity index (χ1n) is 7.65. The first-order valence-corrected chi connectivity index (χ1v) is 8.03. The monoisotopic (exact) mass is 352 g/mol. The summed E-state index contributed by atoms with van der Waals surface area (Å²) in [4.78, 5) is 5.79.